The number of fused-ring (bicyclic) bond motifs is 2. The normalized spacial score (nSPS) is 34.4. The van der Waals surface area contributed by atoms with Gasteiger partial charge in [0.1, 0.15) is 11.6 Å². The largest absolute Gasteiger partial charge is 0.484 e. The quantitative estimate of drug-likeness (QED) is 0.528. The van der Waals surface area contributed by atoms with Crippen LogP contribution < -0.4 is 26.0 Å². The maximum Gasteiger partial charge on any atom is 0.258 e. The van der Waals surface area contributed by atoms with E-state index in [1.165, 1.54) is 12.1 Å². The van der Waals surface area contributed by atoms with E-state index in [1.807, 2.05) is 13.8 Å². The molecule has 1 aromatic carbocycles. The summed E-state index contributed by atoms with van der Waals surface area (Å²) in [6.07, 6.45) is 2.94. The van der Waals surface area contributed by atoms with E-state index in [0.29, 0.717) is 18.4 Å². The number of halogens is 2. The van der Waals surface area contributed by atoms with Crippen LogP contribution in [0.3, 0.4) is 0 Å². The van der Waals surface area contributed by atoms with E-state index in [-0.39, 0.29) is 59.4 Å². The molecule has 5 unspecified atom stereocenters. The van der Waals surface area contributed by atoms with Crippen LogP contribution in [0.15, 0.2) is 18.2 Å². The van der Waals surface area contributed by atoms with Gasteiger partial charge in [0.15, 0.2) is 6.61 Å². The van der Waals surface area contributed by atoms with Crippen molar-refractivity contribution in [1.29, 1.82) is 0 Å². The van der Waals surface area contributed by atoms with E-state index >= 15 is 0 Å². The number of nitrogens with one attached hydrogen (secondary N) is 4. The van der Waals surface area contributed by atoms with Gasteiger partial charge in [-0.15, -0.1) is 0 Å². The Bertz CT molecular complexity index is 835. The zero-order valence-electron chi connectivity index (χ0n) is 17.8. The third kappa shape index (κ3) is 5.13. The smallest absolute Gasteiger partial charge is 0.258 e. The first-order valence-electron chi connectivity index (χ1n) is 11.0. The van der Waals surface area contributed by atoms with Gasteiger partial charge in [-0.1, -0.05) is 11.6 Å². The summed E-state index contributed by atoms with van der Waals surface area (Å²) in [6, 6.07) is 4.27. The lowest BCUT2D eigenvalue weighted by Gasteiger charge is -2.51. The highest BCUT2D eigenvalue weighted by Crippen LogP contribution is 2.45. The van der Waals surface area contributed by atoms with Crippen LogP contribution in [0.2, 0.25) is 5.02 Å². The fourth-order valence-electron chi connectivity index (χ4n) is 5.00. The van der Waals surface area contributed by atoms with E-state index in [1.54, 1.807) is 0 Å². The number of ether oxygens (including phenoxy) is 1. The standard InChI is InChI=1S/C22H30ClFN4O3/c1-11-16(9-25-12(2)26-11)22(30)28-20-8-19(13-5-14(20)6-13)27-21(29)10-31-15-3-4-17(23)18(24)7-15/h3-4,7,11-14,16,19-20,25-26H,5-6,8-10H2,1-2H3,(H,27,29)(H,28,30). The number of hydrogen-bond acceptors (Lipinski definition) is 5. The maximum absolute atomic E-state index is 13.5. The Balaban J connectivity index is 1.26. The van der Waals surface area contributed by atoms with Crippen LogP contribution in [0.1, 0.15) is 33.1 Å². The minimum atomic E-state index is -0.585. The molecule has 4 N–H and O–H groups in total. The topological polar surface area (TPSA) is 91.5 Å². The van der Waals surface area contributed by atoms with Crippen LogP contribution in [0.5, 0.6) is 5.75 Å². The lowest BCUT2D eigenvalue weighted by Crippen LogP contribution is -2.63. The van der Waals surface area contributed by atoms with Crippen molar-refractivity contribution in [2.45, 2.75) is 57.4 Å². The molecule has 9 heteroatoms. The number of rotatable bonds is 6. The molecule has 2 amide bonds. The van der Waals surface area contributed by atoms with Crippen molar-refractivity contribution in [3.8, 4) is 5.75 Å². The van der Waals surface area contributed by atoms with Crippen LogP contribution in [0.25, 0.3) is 0 Å². The van der Waals surface area contributed by atoms with Gasteiger partial charge in [0.25, 0.3) is 5.91 Å². The predicted octanol–water partition coefficient (Wildman–Crippen LogP) is 1.80. The van der Waals surface area contributed by atoms with Gasteiger partial charge >= 0.3 is 0 Å². The molecule has 0 spiro atoms. The van der Waals surface area contributed by atoms with E-state index in [9.17, 15) is 14.0 Å². The van der Waals surface area contributed by atoms with E-state index in [0.717, 1.165) is 25.3 Å². The highest BCUT2D eigenvalue weighted by Gasteiger charge is 2.47. The van der Waals surface area contributed by atoms with Crippen molar-refractivity contribution in [2.24, 2.45) is 17.8 Å². The Morgan fingerprint density at radius 2 is 1.87 bits per heavy atom. The molecule has 3 saturated carbocycles. The zero-order chi connectivity index (χ0) is 22.1. The Morgan fingerprint density at radius 1 is 1.16 bits per heavy atom. The highest BCUT2D eigenvalue weighted by molar-refractivity contribution is 6.30. The van der Waals surface area contributed by atoms with Gasteiger partial charge in [-0.2, -0.15) is 0 Å². The Labute approximate surface area is 186 Å². The molecule has 2 bridgehead atoms. The van der Waals surface area contributed by atoms with Crippen molar-refractivity contribution in [3.63, 3.8) is 0 Å². The number of benzene rings is 1. The molecule has 0 radical (unpaired) electrons. The number of amides is 2. The third-order valence-corrected chi connectivity index (χ3v) is 7.20. The van der Waals surface area contributed by atoms with E-state index in [2.05, 4.69) is 21.3 Å². The molecule has 1 aromatic rings. The molecular formula is C22H30ClFN4O3. The number of hydrogen-bond donors (Lipinski definition) is 4. The molecule has 4 aliphatic rings. The lowest BCUT2D eigenvalue weighted by atomic mass is 9.60. The van der Waals surface area contributed by atoms with Gasteiger partial charge in [0, 0.05) is 30.7 Å². The van der Waals surface area contributed by atoms with Gasteiger partial charge < -0.3 is 20.7 Å². The zero-order valence-corrected chi connectivity index (χ0v) is 18.5. The molecule has 5 rings (SSSR count). The fraction of sp³-hybridized carbons (Fsp3) is 0.636. The fourth-order valence-corrected chi connectivity index (χ4v) is 5.12. The maximum atomic E-state index is 13.5. The molecular weight excluding hydrogens is 423 g/mol. The molecule has 4 fully saturated rings. The summed E-state index contributed by atoms with van der Waals surface area (Å²) < 4.78 is 18.9. The average molecular weight is 453 g/mol. The van der Waals surface area contributed by atoms with Gasteiger partial charge in [0.2, 0.25) is 5.91 Å². The van der Waals surface area contributed by atoms with Gasteiger partial charge in [-0.05, 0) is 57.1 Å². The molecule has 1 saturated heterocycles. The highest BCUT2D eigenvalue weighted by atomic mass is 35.5. The van der Waals surface area contributed by atoms with Crippen LogP contribution in [-0.4, -0.2) is 49.3 Å². The Kier molecular flexibility index (Phi) is 6.69. The van der Waals surface area contributed by atoms with E-state index in [4.69, 9.17) is 16.3 Å². The first kappa shape index (κ1) is 22.3. The first-order chi connectivity index (χ1) is 14.8. The van der Waals surface area contributed by atoms with Crippen molar-refractivity contribution in [3.05, 3.63) is 29.0 Å². The van der Waals surface area contributed by atoms with Crippen molar-refractivity contribution < 1.29 is 18.7 Å². The molecule has 1 aliphatic heterocycles. The molecule has 0 aromatic heterocycles. The molecule has 7 nitrogen and oxygen atoms in total. The summed E-state index contributed by atoms with van der Waals surface area (Å²) in [5.41, 5.74) is 0. The Morgan fingerprint density at radius 3 is 2.55 bits per heavy atom. The average Bonchev–Trinajstić information content (AvgIpc) is 2.67. The minimum Gasteiger partial charge on any atom is -0.484 e. The summed E-state index contributed by atoms with van der Waals surface area (Å²) in [5.74, 6) is 0.287. The third-order valence-electron chi connectivity index (χ3n) is 6.89. The van der Waals surface area contributed by atoms with Crippen molar-refractivity contribution in [1.82, 2.24) is 21.3 Å². The van der Waals surface area contributed by atoms with Gasteiger partial charge in [-0.3, -0.25) is 14.9 Å². The first-order valence-corrected chi connectivity index (χ1v) is 11.3. The monoisotopic (exact) mass is 452 g/mol. The summed E-state index contributed by atoms with van der Waals surface area (Å²) in [6.45, 7) is 4.54. The number of carbonyl (C=O) groups is 2. The summed E-state index contributed by atoms with van der Waals surface area (Å²) in [5, 5.41) is 12.9. The predicted molar refractivity (Wildman–Crippen MR) is 115 cm³/mol. The molecule has 170 valence electrons. The van der Waals surface area contributed by atoms with Crippen LogP contribution >= 0.6 is 11.6 Å². The van der Waals surface area contributed by atoms with Crippen molar-refractivity contribution in [2.75, 3.05) is 13.2 Å². The second-order valence-corrected chi connectivity index (χ2v) is 9.48. The molecule has 1 heterocycles. The summed E-state index contributed by atoms with van der Waals surface area (Å²) >= 11 is 5.66. The Hall–Kier alpha value is -1.90. The molecule has 5 atom stereocenters. The SMILES string of the molecule is CC1NCC(C(=O)NC2CC(NC(=O)COc3ccc(Cl)c(F)c3)C3CC2C3)C(C)N1. The van der Waals surface area contributed by atoms with Gasteiger partial charge in [-0.25, -0.2) is 4.39 Å². The van der Waals surface area contributed by atoms with Crippen molar-refractivity contribution >= 4 is 23.4 Å². The summed E-state index contributed by atoms with van der Waals surface area (Å²) in [4.78, 5) is 25.2. The number of carbonyl (C=O) groups excluding carboxylic acids is 2. The van der Waals surface area contributed by atoms with Crippen LogP contribution in [0, 0.1) is 23.6 Å². The van der Waals surface area contributed by atoms with E-state index < -0.39 is 5.82 Å². The van der Waals surface area contributed by atoms with Gasteiger partial charge in [0.05, 0.1) is 17.1 Å². The van der Waals surface area contributed by atoms with Crippen LogP contribution in [0.4, 0.5) is 4.39 Å². The van der Waals surface area contributed by atoms with Crippen LogP contribution in [-0.2, 0) is 9.59 Å². The molecule has 31 heavy (non-hydrogen) atoms. The summed E-state index contributed by atoms with van der Waals surface area (Å²) in [7, 11) is 0. The second kappa shape index (κ2) is 9.30. The second-order valence-electron chi connectivity index (χ2n) is 9.07. The minimum absolute atomic E-state index is 0.00778. The lowest BCUT2D eigenvalue weighted by molar-refractivity contribution is -0.129. The molecule has 3 aliphatic carbocycles.